The Morgan fingerprint density at radius 1 is 1.30 bits per heavy atom. The van der Waals surface area contributed by atoms with Crippen LogP contribution in [-0.2, 0) is 14.3 Å². The van der Waals surface area contributed by atoms with E-state index in [0.29, 0.717) is 12.8 Å². The van der Waals surface area contributed by atoms with Crippen LogP contribution in [0.25, 0.3) is 0 Å². The van der Waals surface area contributed by atoms with E-state index in [1.807, 2.05) is 6.08 Å². The van der Waals surface area contributed by atoms with E-state index in [2.05, 4.69) is 11.9 Å². The Morgan fingerprint density at radius 2 is 1.96 bits per heavy atom. The molecule has 0 bridgehead atoms. The fourth-order valence-corrected chi connectivity index (χ4v) is 3.01. The van der Waals surface area contributed by atoms with Crippen molar-refractivity contribution in [3.8, 4) is 0 Å². The molecule has 8 nitrogen and oxygen atoms in total. The van der Waals surface area contributed by atoms with Crippen LogP contribution in [0.3, 0.4) is 0 Å². The van der Waals surface area contributed by atoms with Crippen LogP contribution in [-0.4, -0.2) is 63.4 Å². The van der Waals surface area contributed by atoms with Crippen molar-refractivity contribution in [3.63, 3.8) is 0 Å². The number of carboxylic acid groups (broad SMARTS) is 1. The van der Waals surface area contributed by atoms with Gasteiger partial charge in [0.05, 0.1) is 6.10 Å². The Balaban J connectivity index is 2.81. The number of allylic oxidation sites excluding steroid dienone is 1. The highest BCUT2D eigenvalue weighted by atomic mass is 16.6. The summed E-state index contributed by atoms with van der Waals surface area (Å²) in [6.45, 7) is 8.76. The van der Waals surface area contributed by atoms with Crippen molar-refractivity contribution < 1.29 is 29.3 Å². The maximum Gasteiger partial charge on any atom is 0.408 e. The highest BCUT2D eigenvalue weighted by Gasteiger charge is 2.41. The molecule has 8 heteroatoms. The molecule has 0 aromatic rings. The Hall–Kier alpha value is -2.09. The van der Waals surface area contributed by atoms with Gasteiger partial charge in [0.15, 0.2) is 0 Å². The molecule has 1 unspecified atom stereocenters. The number of likely N-dealkylation sites (tertiary alicyclic amines) is 1. The fraction of sp³-hybridized carbons (Fsp3) is 0.737. The molecule has 27 heavy (non-hydrogen) atoms. The lowest BCUT2D eigenvalue weighted by molar-refractivity contribution is -0.149. The number of carbonyl (C=O) groups is 3. The first kappa shape index (κ1) is 23.0. The molecule has 0 spiro atoms. The molecular weight excluding hydrogens is 352 g/mol. The number of nitrogens with zero attached hydrogens (tertiary/aromatic N) is 1. The Bertz CT molecular complexity index is 543. The van der Waals surface area contributed by atoms with E-state index in [1.54, 1.807) is 20.8 Å². The minimum atomic E-state index is -1.16. The highest BCUT2D eigenvalue weighted by molar-refractivity contribution is 5.89. The van der Waals surface area contributed by atoms with Gasteiger partial charge in [-0.15, -0.1) is 6.58 Å². The number of nitrogens with one attached hydrogen (secondary N) is 1. The van der Waals surface area contributed by atoms with Crippen molar-refractivity contribution in [2.24, 2.45) is 0 Å². The number of unbranched alkanes of at least 4 members (excludes halogenated alkanes) is 3. The third kappa shape index (κ3) is 7.99. The predicted octanol–water partition coefficient (Wildman–Crippen LogP) is 2.06. The molecule has 3 atom stereocenters. The maximum absolute atomic E-state index is 12.9. The Kier molecular flexibility index (Phi) is 8.75. The number of aliphatic hydroxyl groups excluding tert-OH is 1. The lowest BCUT2D eigenvalue weighted by atomic mass is 10.1. The topological polar surface area (TPSA) is 116 Å². The monoisotopic (exact) mass is 384 g/mol. The minimum absolute atomic E-state index is 0.0143. The molecule has 0 radical (unpaired) electrons. The van der Waals surface area contributed by atoms with Gasteiger partial charge in [0.2, 0.25) is 5.91 Å². The van der Waals surface area contributed by atoms with Crippen LogP contribution in [0, 0.1) is 0 Å². The molecule has 0 aromatic heterocycles. The molecule has 1 saturated heterocycles. The first-order valence-electron chi connectivity index (χ1n) is 9.37. The van der Waals surface area contributed by atoms with E-state index >= 15 is 0 Å². The van der Waals surface area contributed by atoms with Gasteiger partial charge in [0.1, 0.15) is 17.7 Å². The summed E-state index contributed by atoms with van der Waals surface area (Å²) in [6, 6.07) is -1.98. The molecule has 0 aromatic carbocycles. The average Bonchev–Trinajstić information content (AvgIpc) is 2.93. The predicted molar refractivity (Wildman–Crippen MR) is 100 cm³/mol. The van der Waals surface area contributed by atoms with E-state index in [1.165, 1.54) is 0 Å². The van der Waals surface area contributed by atoms with Gasteiger partial charge >= 0.3 is 12.1 Å². The Morgan fingerprint density at radius 3 is 2.52 bits per heavy atom. The summed E-state index contributed by atoms with van der Waals surface area (Å²) in [5, 5.41) is 21.7. The van der Waals surface area contributed by atoms with Crippen LogP contribution < -0.4 is 5.32 Å². The number of aliphatic carboxylic acids is 1. The van der Waals surface area contributed by atoms with Gasteiger partial charge in [0.25, 0.3) is 0 Å². The van der Waals surface area contributed by atoms with Crippen LogP contribution in [0.5, 0.6) is 0 Å². The van der Waals surface area contributed by atoms with E-state index in [-0.39, 0.29) is 13.0 Å². The third-order valence-corrected chi connectivity index (χ3v) is 4.24. The van der Waals surface area contributed by atoms with Crippen molar-refractivity contribution in [1.82, 2.24) is 10.2 Å². The summed E-state index contributed by atoms with van der Waals surface area (Å²) in [6.07, 6.45) is 3.92. The van der Waals surface area contributed by atoms with Crippen molar-refractivity contribution in [1.29, 1.82) is 0 Å². The number of alkyl carbamates (subject to hydrolysis) is 1. The zero-order chi connectivity index (χ0) is 20.6. The number of aliphatic hydroxyl groups is 1. The number of carbonyl (C=O) groups excluding carboxylic acids is 2. The number of amides is 2. The summed E-state index contributed by atoms with van der Waals surface area (Å²) in [4.78, 5) is 37.6. The highest BCUT2D eigenvalue weighted by Crippen LogP contribution is 2.21. The number of ether oxygens (including phenoxy) is 1. The minimum Gasteiger partial charge on any atom is -0.480 e. The molecule has 0 saturated carbocycles. The van der Waals surface area contributed by atoms with Crippen LogP contribution in [0.4, 0.5) is 4.79 Å². The largest absolute Gasteiger partial charge is 0.480 e. The number of rotatable bonds is 9. The molecule has 3 N–H and O–H groups in total. The molecule has 0 aliphatic carbocycles. The molecule has 2 amide bonds. The fourth-order valence-electron chi connectivity index (χ4n) is 3.01. The van der Waals surface area contributed by atoms with Gasteiger partial charge in [-0.2, -0.15) is 0 Å². The second kappa shape index (κ2) is 10.3. The van der Waals surface area contributed by atoms with Gasteiger partial charge in [-0.3, -0.25) is 4.79 Å². The zero-order valence-electron chi connectivity index (χ0n) is 16.4. The van der Waals surface area contributed by atoms with Crippen molar-refractivity contribution in [3.05, 3.63) is 12.7 Å². The lowest BCUT2D eigenvalue weighted by Crippen LogP contribution is -2.52. The van der Waals surface area contributed by atoms with Crippen molar-refractivity contribution in [2.45, 2.75) is 83.1 Å². The average molecular weight is 384 g/mol. The van der Waals surface area contributed by atoms with Crippen molar-refractivity contribution >= 4 is 18.0 Å². The summed E-state index contributed by atoms with van der Waals surface area (Å²) < 4.78 is 5.22. The quantitative estimate of drug-likeness (QED) is 0.414. The SMILES string of the molecule is C=CCCCCC[C@H](NC(=O)OC(C)(C)C)C(=O)N1CC(O)C[C@H]1C(=O)O. The van der Waals surface area contributed by atoms with Gasteiger partial charge in [-0.25, -0.2) is 9.59 Å². The standard InChI is InChI=1S/C19H32N2O6/c1-5-6-7-8-9-10-14(20-18(26)27-19(2,3)4)16(23)21-12-13(22)11-15(21)17(24)25/h5,13-15,22H,1,6-12H2,2-4H3,(H,20,26)(H,24,25)/t13?,14-,15-/m0/s1. The first-order valence-corrected chi connectivity index (χ1v) is 9.37. The van der Waals surface area contributed by atoms with Gasteiger partial charge in [-0.05, 0) is 40.0 Å². The molecule has 1 aliphatic rings. The van der Waals surface area contributed by atoms with Gasteiger partial charge < -0.3 is 25.2 Å². The number of β-amino-alcohol motifs (C(OH)–C–C–N with tert-alkyl or cyclic N) is 1. The molecule has 1 aliphatic heterocycles. The number of carboxylic acids is 1. The lowest BCUT2D eigenvalue weighted by Gasteiger charge is -2.28. The first-order chi connectivity index (χ1) is 12.5. The van der Waals surface area contributed by atoms with E-state index in [4.69, 9.17) is 4.74 Å². The van der Waals surface area contributed by atoms with E-state index in [0.717, 1.165) is 24.2 Å². The molecular formula is C19H32N2O6. The third-order valence-electron chi connectivity index (χ3n) is 4.24. The smallest absolute Gasteiger partial charge is 0.408 e. The second-order valence-corrected chi connectivity index (χ2v) is 7.86. The zero-order valence-corrected chi connectivity index (χ0v) is 16.4. The van der Waals surface area contributed by atoms with Crippen LogP contribution >= 0.6 is 0 Å². The molecule has 154 valence electrons. The van der Waals surface area contributed by atoms with E-state index in [9.17, 15) is 24.6 Å². The molecule has 1 fully saturated rings. The van der Waals surface area contributed by atoms with Crippen LogP contribution in [0.1, 0.15) is 59.3 Å². The second-order valence-electron chi connectivity index (χ2n) is 7.86. The van der Waals surface area contributed by atoms with Crippen LogP contribution in [0.2, 0.25) is 0 Å². The summed E-state index contributed by atoms with van der Waals surface area (Å²) in [5.74, 6) is -1.67. The van der Waals surface area contributed by atoms with Gasteiger partial charge in [0, 0.05) is 13.0 Å². The number of hydrogen-bond donors (Lipinski definition) is 3. The summed E-state index contributed by atoms with van der Waals surface area (Å²) in [7, 11) is 0. The molecule has 1 heterocycles. The van der Waals surface area contributed by atoms with Crippen LogP contribution in [0.15, 0.2) is 12.7 Å². The van der Waals surface area contributed by atoms with Crippen molar-refractivity contribution in [2.75, 3.05) is 6.54 Å². The summed E-state index contributed by atoms with van der Waals surface area (Å²) >= 11 is 0. The number of hydrogen-bond acceptors (Lipinski definition) is 5. The normalized spacial score (nSPS) is 20.8. The van der Waals surface area contributed by atoms with Gasteiger partial charge in [-0.1, -0.05) is 18.9 Å². The van der Waals surface area contributed by atoms with E-state index < -0.39 is 41.8 Å². The maximum atomic E-state index is 12.9. The molecule has 1 rings (SSSR count). The Labute approximate surface area is 160 Å². The summed E-state index contributed by atoms with van der Waals surface area (Å²) in [5.41, 5.74) is -0.713.